The SMILES string of the molecule is C[C@@H](C(=O)NC(O)(C(=O)N1CCC[C@H]1C(=O)N[C@H](C(=O)OCc1ccccc1)C(c1ccccc1)c1ccccc1)C1CCCCC1)N(C)C(=O)OC(C)(C)C. The van der Waals surface area contributed by atoms with Crippen molar-refractivity contribution in [2.24, 2.45) is 5.92 Å². The molecule has 3 aromatic carbocycles. The van der Waals surface area contributed by atoms with Crippen LogP contribution in [0, 0.1) is 5.92 Å². The molecule has 2 fully saturated rings. The molecule has 12 heteroatoms. The van der Waals surface area contributed by atoms with Crippen molar-refractivity contribution in [1.29, 1.82) is 0 Å². The van der Waals surface area contributed by atoms with Crippen LogP contribution in [0.2, 0.25) is 0 Å². The molecular formula is C44H56N4O8. The number of nitrogens with zero attached hydrogens (tertiary/aromatic N) is 2. The van der Waals surface area contributed by atoms with Crippen molar-refractivity contribution in [3.8, 4) is 0 Å². The van der Waals surface area contributed by atoms with Crippen LogP contribution in [-0.2, 0) is 35.3 Å². The summed E-state index contributed by atoms with van der Waals surface area (Å²) in [5, 5.41) is 18.0. The minimum Gasteiger partial charge on any atom is -0.459 e. The molecule has 300 valence electrons. The van der Waals surface area contributed by atoms with Gasteiger partial charge >= 0.3 is 12.1 Å². The Morgan fingerprint density at radius 2 is 1.38 bits per heavy atom. The van der Waals surface area contributed by atoms with Gasteiger partial charge < -0.3 is 30.1 Å². The zero-order chi connectivity index (χ0) is 40.5. The maximum absolute atomic E-state index is 14.7. The number of rotatable bonds is 13. The molecule has 2 aliphatic rings. The van der Waals surface area contributed by atoms with Gasteiger partial charge in [0.15, 0.2) is 0 Å². The van der Waals surface area contributed by atoms with E-state index in [4.69, 9.17) is 9.47 Å². The molecule has 3 aromatic rings. The molecule has 4 amide bonds. The lowest BCUT2D eigenvalue weighted by molar-refractivity contribution is -0.171. The van der Waals surface area contributed by atoms with Gasteiger partial charge in [0.25, 0.3) is 5.91 Å². The van der Waals surface area contributed by atoms with E-state index in [1.54, 1.807) is 20.8 Å². The number of carbonyl (C=O) groups is 5. The first-order valence-electron chi connectivity index (χ1n) is 19.6. The van der Waals surface area contributed by atoms with E-state index in [1.165, 1.54) is 18.9 Å². The van der Waals surface area contributed by atoms with Crippen molar-refractivity contribution < 1.29 is 38.6 Å². The molecular weight excluding hydrogens is 713 g/mol. The number of hydrogen-bond donors (Lipinski definition) is 3. The lowest BCUT2D eigenvalue weighted by Gasteiger charge is -2.42. The summed E-state index contributed by atoms with van der Waals surface area (Å²) in [4.78, 5) is 72.3. The van der Waals surface area contributed by atoms with E-state index < -0.39 is 71.1 Å². The molecule has 1 saturated carbocycles. The van der Waals surface area contributed by atoms with Crippen molar-refractivity contribution in [3.05, 3.63) is 108 Å². The van der Waals surface area contributed by atoms with E-state index in [9.17, 15) is 29.1 Å². The van der Waals surface area contributed by atoms with E-state index in [1.807, 2.05) is 91.0 Å². The molecule has 1 heterocycles. The largest absolute Gasteiger partial charge is 0.459 e. The third-order valence-corrected chi connectivity index (χ3v) is 10.7. The van der Waals surface area contributed by atoms with Crippen LogP contribution in [0.25, 0.3) is 0 Å². The normalized spacial score (nSPS) is 18.3. The third kappa shape index (κ3) is 10.3. The number of ether oxygens (including phenoxy) is 2. The van der Waals surface area contributed by atoms with Crippen LogP contribution in [0.3, 0.4) is 0 Å². The number of hydrogen-bond acceptors (Lipinski definition) is 8. The quantitative estimate of drug-likeness (QED) is 0.148. The molecule has 56 heavy (non-hydrogen) atoms. The Kier molecular flexibility index (Phi) is 13.9. The summed E-state index contributed by atoms with van der Waals surface area (Å²) in [6.45, 7) is 6.78. The molecule has 1 unspecified atom stereocenters. The van der Waals surface area contributed by atoms with Gasteiger partial charge in [-0.2, -0.15) is 0 Å². The molecule has 5 rings (SSSR count). The maximum atomic E-state index is 14.7. The zero-order valence-corrected chi connectivity index (χ0v) is 33.1. The van der Waals surface area contributed by atoms with E-state index >= 15 is 0 Å². The topological polar surface area (TPSA) is 155 Å². The summed E-state index contributed by atoms with van der Waals surface area (Å²) >= 11 is 0. The van der Waals surface area contributed by atoms with Crippen molar-refractivity contribution in [1.82, 2.24) is 20.4 Å². The Labute approximate surface area is 329 Å². The lowest BCUT2D eigenvalue weighted by atomic mass is 9.80. The molecule has 1 aliphatic carbocycles. The Bertz CT molecular complexity index is 1760. The highest BCUT2D eigenvalue weighted by Gasteiger charge is 2.52. The van der Waals surface area contributed by atoms with Crippen molar-refractivity contribution in [3.63, 3.8) is 0 Å². The minimum atomic E-state index is -2.35. The number of esters is 1. The average Bonchev–Trinajstić information content (AvgIpc) is 3.70. The van der Waals surface area contributed by atoms with Crippen LogP contribution < -0.4 is 10.6 Å². The van der Waals surface area contributed by atoms with Crippen LogP contribution in [0.5, 0.6) is 0 Å². The van der Waals surface area contributed by atoms with Crippen LogP contribution in [0.15, 0.2) is 91.0 Å². The van der Waals surface area contributed by atoms with Crippen LogP contribution in [-0.4, -0.2) is 87.7 Å². The predicted octanol–water partition coefficient (Wildman–Crippen LogP) is 5.68. The number of benzene rings is 3. The Hall–Kier alpha value is -5.23. The summed E-state index contributed by atoms with van der Waals surface area (Å²) in [5.74, 6) is -4.04. The fourth-order valence-electron chi connectivity index (χ4n) is 7.56. The van der Waals surface area contributed by atoms with Crippen LogP contribution in [0.4, 0.5) is 4.79 Å². The third-order valence-electron chi connectivity index (χ3n) is 10.7. The fraction of sp³-hybridized carbons (Fsp3) is 0.477. The van der Waals surface area contributed by atoms with Crippen molar-refractivity contribution >= 4 is 29.8 Å². The van der Waals surface area contributed by atoms with Crippen LogP contribution in [0.1, 0.15) is 95.2 Å². The number of amides is 4. The van der Waals surface area contributed by atoms with Crippen LogP contribution >= 0.6 is 0 Å². The Morgan fingerprint density at radius 3 is 1.93 bits per heavy atom. The molecule has 12 nitrogen and oxygen atoms in total. The second-order valence-corrected chi connectivity index (χ2v) is 15.9. The highest BCUT2D eigenvalue weighted by atomic mass is 16.6. The highest BCUT2D eigenvalue weighted by molar-refractivity contribution is 5.97. The number of carbonyl (C=O) groups excluding carboxylic acids is 5. The maximum Gasteiger partial charge on any atom is 0.410 e. The number of nitrogens with one attached hydrogen (secondary N) is 2. The molecule has 1 aliphatic heterocycles. The summed E-state index contributed by atoms with van der Waals surface area (Å²) in [6.07, 6.45) is 3.39. The standard InChI is InChI=1S/C44H56N4O8/c1-30(47(5)42(53)56-43(2,3)4)38(49)46-44(54,34-25-16-9-17-26-34)41(52)48-28-18-27-35(48)39(50)45-37(40(51)55-29-31-19-10-6-11-20-31)36(32-21-12-7-13-22-32)33-23-14-8-15-24-33/h6-8,10-15,19-24,30,34-37,54H,9,16-18,25-29H2,1-5H3,(H,45,50)(H,46,49)/t30-,35-,37-,44?/m0/s1. The van der Waals surface area contributed by atoms with Crippen molar-refractivity contribution in [2.45, 2.75) is 115 Å². The van der Waals surface area contributed by atoms with E-state index in [0.29, 0.717) is 19.3 Å². The molecule has 0 radical (unpaired) electrons. The highest BCUT2D eigenvalue weighted by Crippen LogP contribution is 2.35. The number of aliphatic hydroxyl groups is 1. The summed E-state index contributed by atoms with van der Waals surface area (Å²) in [6, 6.07) is 24.7. The predicted molar refractivity (Wildman–Crippen MR) is 211 cm³/mol. The molecule has 0 bridgehead atoms. The van der Waals surface area contributed by atoms with E-state index in [2.05, 4.69) is 10.6 Å². The first kappa shape index (κ1) is 41.9. The summed E-state index contributed by atoms with van der Waals surface area (Å²) in [7, 11) is 1.42. The smallest absolute Gasteiger partial charge is 0.410 e. The average molecular weight is 769 g/mol. The molecule has 3 N–H and O–H groups in total. The lowest BCUT2D eigenvalue weighted by Crippen LogP contribution is -2.67. The van der Waals surface area contributed by atoms with E-state index in [-0.39, 0.29) is 19.6 Å². The van der Waals surface area contributed by atoms with Crippen molar-refractivity contribution in [2.75, 3.05) is 13.6 Å². The molecule has 4 atom stereocenters. The van der Waals surface area contributed by atoms with E-state index in [0.717, 1.165) is 40.9 Å². The van der Waals surface area contributed by atoms with Gasteiger partial charge in [-0.1, -0.05) is 110 Å². The molecule has 0 spiro atoms. The second-order valence-electron chi connectivity index (χ2n) is 15.9. The van der Waals surface area contributed by atoms with Gasteiger partial charge in [-0.25, -0.2) is 9.59 Å². The van der Waals surface area contributed by atoms with Gasteiger partial charge in [-0.05, 0) is 70.1 Å². The Morgan fingerprint density at radius 1 is 0.821 bits per heavy atom. The summed E-state index contributed by atoms with van der Waals surface area (Å²) in [5.41, 5.74) is -0.815. The summed E-state index contributed by atoms with van der Waals surface area (Å²) < 4.78 is 11.3. The monoisotopic (exact) mass is 768 g/mol. The first-order valence-corrected chi connectivity index (χ1v) is 19.6. The second kappa shape index (κ2) is 18.6. The van der Waals surface area contributed by atoms with Gasteiger partial charge in [0.05, 0.1) is 0 Å². The minimum absolute atomic E-state index is 0.00790. The number of likely N-dealkylation sites (tertiary alicyclic amines) is 1. The number of likely N-dealkylation sites (N-methyl/N-ethyl adjacent to an activating group) is 1. The molecule has 1 saturated heterocycles. The van der Waals surface area contributed by atoms with Gasteiger partial charge in [0.2, 0.25) is 17.5 Å². The van der Waals surface area contributed by atoms with Gasteiger partial charge in [-0.15, -0.1) is 0 Å². The Balaban J connectivity index is 1.43. The fourth-order valence-corrected chi connectivity index (χ4v) is 7.56. The first-order chi connectivity index (χ1) is 26.7. The zero-order valence-electron chi connectivity index (χ0n) is 33.1. The van der Waals surface area contributed by atoms with Gasteiger partial charge in [-0.3, -0.25) is 19.3 Å². The van der Waals surface area contributed by atoms with Gasteiger partial charge in [0, 0.05) is 25.4 Å². The van der Waals surface area contributed by atoms with Gasteiger partial charge in [0.1, 0.15) is 30.3 Å². The molecule has 0 aromatic heterocycles.